The zero-order valence-electron chi connectivity index (χ0n) is 15.2. The van der Waals surface area contributed by atoms with E-state index in [-0.39, 0.29) is 5.69 Å². The number of primary amides is 1. The van der Waals surface area contributed by atoms with Gasteiger partial charge in [0.05, 0.1) is 7.11 Å². The number of fused-ring (bicyclic) bond motifs is 1. The number of benzene rings is 3. The van der Waals surface area contributed by atoms with Gasteiger partial charge < -0.3 is 15.2 Å². The number of hydrogen-bond acceptors (Lipinski definition) is 5. The van der Waals surface area contributed by atoms with Gasteiger partial charge in [-0.1, -0.05) is 30.3 Å². The molecule has 0 aliphatic carbocycles. The fourth-order valence-corrected chi connectivity index (χ4v) is 3.06. The number of aromatic amines is 1. The third-order valence-electron chi connectivity index (χ3n) is 4.45. The highest BCUT2D eigenvalue weighted by Gasteiger charge is 2.17. The van der Waals surface area contributed by atoms with Gasteiger partial charge >= 0.3 is 0 Å². The van der Waals surface area contributed by atoms with Gasteiger partial charge in [-0.15, -0.1) is 0 Å². The molecular weight excluding hydrogens is 356 g/mol. The number of nitrogens with two attached hydrogens (primary N) is 1. The average molecular weight is 374 g/mol. The van der Waals surface area contributed by atoms with Crippen LogP contribution in [0, 0.1) is 0 Å². The smallest absolute Gasteiger partial charge is 0.271 e. The molecular formula is C21H18N4O3. The Labute approximate surface area is 161 Å². The van der Waals surface area contributed by atoms with Crippen LogP contribution in [0.25, 0.3) is 22.0 Å². The minimum Gasteiger partial charge on any atom is -0.496 e. The molecule has 28 heavy (non-hydrogen) atoms. The molecule has 0 saturated carbocycles. The number of aromatic nitrogens is 3. The summed E-state index contributed by atoms with van der Waals surface area (Å²) in [6.45, 7) is 0.291. The van der Waals surface area contributed by atoms with Gasteiger partial charge in [-0.2, -0.15) is 15.4 Å². The van der Waals surface area contributed by atoms with E-state index in [1.165, 1.54) is 0 Å². The lowest BCUT2D eigenvalue weighted by Gasteiger charge is -2.12. The van der Waals surface area contributed by atoms with Crippen molar-refractivity contribution in [1.29, 1.82) is 0 Å². The van der Waals surface area contributed by atoms with E-state index in [0.717, 1.165) is 22.1 Å². The first-order valence-electron chi connectivity index (χ1n) is 8.65. The predicted molar refractivity (Wildman–Crippen MR) is 105 cm³/mol. The second kappa shape index (κ2) is 7.40. The summed E-state index contributed by atoms with van der Waals surface area (Å²) in [5.74, 6) is 0.785. The second-order valence-corrected chi connectivity index (χ2v) is 6.21. The molecule has 1 amide bonds. The summed E-state index contributed by atoms with van der Waals surface area (Å²) in [5.41, 5.74) is 7.35. The molecule has 0 bridgehead atoms. The van der Waals surface area contributed by atoms with Crippen LogP contribution in [0.1, 0.15) is 16.1 Å². The molecule has 3 N–H and O–H groups in total. The number of carbonyl (C=O) groups excluding carboxylic acids is 1. The molecule has 0 fully saturated rings. The van der Waals surface area contributed by atoms with Crippen molar-refractivity contribution in [2.24, 2.45) is 5.73 Å². The number of H-pyrrole nitrogens is 1. The molecule has 7 heteroatoms. The van der Waals surface area contributed by atoms with Crippen molar-refractivity contribution in [2.75, 3.05) is 7.11 Å². The Morgan fingerprint density at radius 2 is 1.86 bits per heavy atom. The van der Waals surface area contributed by atoms with E-state index in [0.29, 0.717) is 23.6 Å². The summed E-state index contributed by atoms with van der Waals surface area (Å²) in [6, 6.07) is 19.5. The van der Waals surface area contributed by atoms with Crippen LogP contribution in [0.3, 0.4) is 0 Å². The van der Waals surface area contributed by atoms with Crippen molar-refractivity contribution in [1.82, 2.24) is 15.4 Å². The number of carbonyl (C=O) groups is 1. The number of nitrogens with zero attached hydrogens (tertiary/aromatic N) is 2. The molecule has 0 aliphatic rings. The summed E-state index contributed by atoms with van der Waals surface area (Å²) in [5, 5.41) is 12.5. The van der Waals surface area contributed by atoms with E-state index in [2.05, 4.69) is 21.5 Å². The summed E-state index contributed by atoms with van der Waals surface area (Å²) in [6.07, 6.45) is 0. The number of hydrogen-bond donors (Lipinski definition) is 2. The van der Waals surface area contributed by atoms with Gasteiger partial charge in [0.15, 0.2) is 5.69 Å². The van der Waals surface area contributed by atoms with Gasteiger partial charge in [0.1, 0.15) is 23.8 Å². The molecule has 1 aromatic heterocycles. The van der Waals surface area contributed by atoms with Gasteiger partial charge in [-0.25, -0.2) is 0 Å². The van der Waals surface area contributed by atoms with E-state index in [4.69, 9.17) is 15.2 Å². The van der Waals surface area contributed by atoms with Crippen molar-refractivity contribution in [2.45, 2.75) is 6.61 Å². The summed E-state index contributed by atoms with van der Waals surface area (Å²) in [4.78, 5) is 11.5. The highest BCUT2D eigenvalue weighted by atomic mass is 16.5. The van der Waals surface area contributed by atoms with E-state index in [1.807, 2.05) is 42.5 Å². The summed E-state index contributed by atoms with van der Waals surface area (Å²) in [7, 11) is 1.60. The van der Waals surface area contributed by atoms with Gasteiger partial charge in [-0.3, -0.25) is 4.79 Å². The lowest BCUT2D eigenvalue weighted by Crippen LogP contribution is -2.12. The largest absolute Gasteiger partial charge is 0.496 e. The fraction of sp³-hybridized carbons (Fsp3) is 0.0952. The Morgan fingerprint density at radius 3 is 2.64 bits per heavy atom. The lowest BCUT2D eigenvalue weighted by atomic mass is 10.1. The van der Waals surface area contributed by atoms with Gasteiger partial charge in [-0.05, 0) is 41.1 Å². The maximum absolute atomic E-state index is 11.5. The highest BCUT2D eigenvalue weighted by Crippen LogP contribution is 2.28. The fourth-order valence-electron chi connectivity index (χ4n) is 3.06. The Hall–Kier alpha value is -3.87. The van der Waals surface area contributed by atoms with Crippen LogP contribution in [0.2, 0.25) is 0 Å². The minimum atomic E-state index is -0.645. The molecule has 140 valence electrons. The zero-order valence-corrected chi connectivity index (χ0v) is 15.2. The first kappa shape index (κ1) is 17.5. The maximum Gasteiger partial charge on any atom is 0.271 e. The average Bonchev–Trinajstić information content (AvgIpc) is 3.22. The predicted octanol–water partition coefficient (Wildman–Crippen LogP) is 3.31. The maximum atomic E-state index is 11.5. The molecule has 0 radical (unpaired) electrons. The standard InChI is InChI=1S/C21H18N4O3/c1-27-18-9-7-15(19-20(21(22)26)24-25-23-19)10-16(18)12-28-17-8-6-13-4-2-3-5-14(13)11-17/h2-11H,12H2,1H3,(H2,22,26)(H,23,24,25). The van der Waals surface area contributed by atoms with Crippen LogP contribution >= 0.6 is 0 Å². The number of amides is 1. The molecule has 0 unspecified atom stereocenters. The van der Waals surface area contributed by atoms with E-state index in [1.54, 1.807) is 19.2 Å². The highest BCUT2D eigenvalue weighted by molar-refractivity contribution is 5.96. The molecule has 7 nitrogen and oxygen atoms in total. The van der Waals surface area contributed by atoms with Crippen LogP contribution in [0.5, 0.6) is 11.5 Å². The van der Waals surface area contributed by atoms with Gasteiger partial charge in [0, 0.05) is 11.1 Å². The molecule has 1 heterocycles. The Morgan fingerprint density at radius 1 is 1.04 bits per heavy atom. The summed E-state index contributed by atoms with van der Waals surface area (Å²) >= 11 is 0. The van der Waals surface area contributed by atoms with E-state index >= 15 is 0 Å². The zero-order chi connectivity index (χ0) is 19.5. The molecule has 4 aromatic rings. The third-order valence-corrected chi connectivity index (χ3v) is 4.45. The van der Waals surface area contributed by atoms with Crippen LogP contribution in [-0.2, 0) is 6.61 Å². The summed E-state index contributed by atoms with van der Waals surface area (Å²) < 4.78 is 11.4. The Balaban J connectivity index is 1.62. The van der Waals surface area contributed by atoms with Crippen molar-refractivity contribution in [3.05, 3.63) is 71.9 Å². The number of ether oxygens (including phenoxy) is 2. The second-order valence-electron chi connectivity index (χ2n) is 6.21. The first-order valence-corrected chi connectivity index (χ1v) is 8.65. The lowest BCUT2D eigenvalue weighted by molar-refractivity contribution is 0.0996. The molecule has 4 rings (SSSR count). The van der Waals surface area contributed by atoms with Gasteiger partial charge in [0.2, 0.25) is 0 Å². The van der Waals surface area contributed by atoms with Crippen molar-refractivity contribution in [3.63, 3.8) is 0 Å². The Bertz CT molecular complexity index is 1150. The monoisotopic (exact) mass is 374 g/mol. The van der Waals surface area contributed by atoms with E-state index < -0.39 is 5.91 Å². The molecule has 0 aliphatic heterocycles. The third kappa shape index (κ3) is 3.37. The quantitative estimate of drug-likeness (QED) is 0.539. The molecule has 0 atom stereocenters. The number of nitrogens with one attached hydrogen (secondary N) is 1. The van der Waals surface area contributed by atoms with Crippen LogP contribution in [0.4, 0.5) is 0 Å². The molecule has 3 aromatic carbocycles. The van der Waals surface area contributed by atoms with Crippen molar-refractivity contribution >= 4 is 16.7 Å². The molecule has 0 saturated heterocycles. The van der Waals surface area contributed by atoms with Gasteiger partial charge in [0.25, 0.3) is 5.91 Å². The minimum absolute atomic E-state index is 0.0894. The number of methoxy groups -OCH3 is 1. The topological polar surface area (TPSA) is 103 Å². The normalized spacial score (nSPS) is 10.8. The van der Waals surface area contributed by atoms with Crippen molar-refractivity contribution < 1.29 is 14.3 Å². The van der Waals surface area contributed by atoms with Crippen LogP contribution in [-0.4, -0.2) is 28.4 Å². The van der Waals surface area contributed by atoms with E-state index in [9.17, 15) is 4.79 Å². The SMILES string of the molecule is COc1ccc(-c2n[nH]nc2C(N)=O)cc1COc1ccc2ccccc2c1. The number of rotatable bonds is 6. The van der Waals surface area contributed by atoms with Crippen molar-refractivity contribution in [3.8, 4) is 22.8 Å². The van der Waals surface area contributed by atoms with Crippen LogP contribution < -0.4 is 15.2 Å². The molecule has 0 spiro atoms. The first-order chi connectivity index (χ1) is 13.7. The van der Waals surface area contributed by atoms with Crippen LogP contribution in [0.15, 0.2) is 60.7 Å². The Kier molecular flexibility index (Phi) is 4.63.